The summed E-state index contributed by atoms with van der Waals surface area (Å²) in [6.45, 7) is 6.08. The lowest BCUT2D eigenvalue weighted by atomic mass is 10.1. The fourth-order valence-electron chi connectivity index (χ4n) is 2.07. The number of nitrogens with zero attached hydrogens (tertiary/aromatic N) is 2. The predicted molar refractivity (Wildman–Crippen MR) is 105 cm³/mol. The van der Waals surface area contributed by atoms with E-state index in [2.05, 4.69) is 10.3 Å². The molecule has 0 amide bonds. The van der Waals surface area contributed by atoms with Crippen LogP contribution in [-0.2, 0) is 11.3 Å². The van der Waals surface area contributed by atoms with Gasteiger partial charge < -0.3 is 14.6 Å². The highest BCUT2D eigenvalue weighted by Crippen LogP contribution is 2.11. The molecule has 0 aliphatic carbocycles. The van der Waals surface area contributed by atoms with E-state index in [1.165, 1.54) is 0 Å². The Hall–Kier alpha value is -1.27. The van der Waals surface area contributed by atoms with Crippen molar-refractivity contribution in [2.24, 2.45) is 0 Å². The van der Waals surface area contributed by atoms with Gasteiger partial charge in [-0.25, -0.2) is 9.78 Å². The lowest BCUT2D eigenvalue weighted by Crippen LogP contribution is -2.44. The number of halogens is 3. The summed E-state index contributed by atoms with van der Waals surface area (Å²) >= 11 is 5.81. The van der Waals surface area contributed by atoms with Crippen LogP contribution in [0.3, 0.4) is 0 Å². The number of nitrogens with one attached hydrogen (secondary N) is 1. The Kier molecular flexibility index (Phi) is 10.8. The molecule has 8 heteroatoms. The number of hydrogen-bond donors (Lipinski definition) is 1. The number of esters is 1. The number of hydrogen-bond acceptors (Lipinski definition) is 4. The number of carbonyl (C=O) groups is 1. The monoisotopic (exact) mass is 407 g/mol. The Labute approximate surface area is 165 Å². The molecule has 1 aromatic heterocycles. The van der Waals surface area contributed by atoms with Gasteiger partial charge >= 0.3 is 5.97 Å². The van der Waals surface area contributed by atoms with Gasteiger partial charge in [0.2, 0.25) is 0 Å². The van der Waals surface area contributed by atoms with Crippen LogP contribution in [0, 0.1) is 0 Å². The number of benzene rings is 1. The Morgan fingerprint density at radius 2 is 1.96 bits per heavy atom. The fraction of sp³-hybridized carbons (Fsp3) is 0.412. The summed E-state index contributed by atoms with van der Waals surface area (Å²) in [5, 5.41) is 4.00. The third kappa shape index (κ3) is 8.59. The average Bonchev–Trinajstić information content (AvgIpc) is 3.03. The lowest BCUT2D eigenvalue weighted by molar-refractivity contribution is 0.0400. The smallest absolute Gasteiger partial charge is 0.338 e. The summed E-state index contributed by atoms with van der Waals surface area (Å²) in [7, 11) is 0. The molecule has 0 fully saturated rings. The first-order chi connectivity index (χ1) is 11.0. The zero-order valence-electron chi connectivity index (χ0n) is 14.3. The van der Waals surface area contributed by atoms with Gasteiger partial charge in [0, 0.05) is 29.5 Å². The van der Waals surface area contributed by atoms with Crippen molar-refractivity contribution in [2.45, 2.75) is 32.4 Å². The first-order valence-electron chi connectivity index (χ1n) is 7.60. The van der Waals surface area contributed by atoms with E-state index in [0.29, 0.717) is 17.2 Å². The fourth-order valence-corrected chi connectivity index (χ4v) is 2.20. The van der Waals surface area contributed by atoms with Gasteiger partial charge in [-0.05, 0) is 51.1 Å². The molecule has 0 atom stereocenters. The zero-order valence-corrected chi connectivity index (χ0v) is 16.7. The molecule has 1 heterocycles. The van der Waals surface area contributed by atoms with Crippen LogP contribution in [-0.4, -0.2) is 34.2 Å². The van der Waals surface area contributed by atoms with Crippen LogP contribution in [0.25, 0.3) is 0 Å². The standard InChI is InChI=1S/C17H22ClN3O2.2ClH/c1-17(2,20-8-3-10-21-11-9-19-13-21)12-23-16(22)14-4-6-15(18)7-5-14;;/h4-7,9,11,13,20H,3,8,10,12H2,1-2H3;2*1H. The minimum atomic E-state index is -0.338. The minimum Gasteiger partial charge on any atom is -0.460 e. The maximum absolute atomic E-state index is 12.0. The number of imidazole rings is 1. The Morgan fingerprint density at radius 3 is 2.56 bits per heavy atom. The van der Waals surface area contributed by atoms with E-state index >= 15 is 0 Å². The SMILES string of the molecule is CC(C)(COC(=O)c1ccc(Cl)cc1)NCCCn1ccnc1.Cl.Cl. The highest BCUT2D eigenvalue weighted by molar-refractivity contribution is 6.30. The van der Waals surface area contributed by atoms with E-state index in [-0.39, 0.29) is 36.3 Å². The van der Waals surface area contributed by atoms with Crippen LogP contribution < -0.4 is 5.32 Å². The van der Waals surface area contributed by atoms with E-state index < -0.39 is 0 Å². The summed E-state index contributed by atoms with van der Waals surface area (Å²) in [6, 6.07) is 6.68. The van der Waals surface area contributed by atoms with Crippen LogP contribution in [0.5, 0.6) is 0 Å². The molecule has 0 aliphatic rings. The molecule has 0 bridgehead atoms. The molecule has 5 nitrogen and oxygen atoms in total. The molecule has 0 aliphatic heterocycles. The van der Waals surface area contributed by atoms with Crippen molar-refractivity contribution in [2.75, 3.05) is 13.2 Å². The van der Waals surface area contributed by atoms with Gasteiger partial charge in [0.05, 0.1) is 11.9 Å². The molecule has 2 aromatic rings. The quantitative estimate of drug-likeness (QED) is 0.530. The molecule has 0 saturated carbocycles. The Bertz CT molecular complexity index is 617. The van der Waals surface area contributed by atoms with Gasteiger partial charge in [-0.15, -0.1) is 24.8 Å². The first kappa shape index (κ1) is 23.7. The van der Waals surface area contributed by atoms with E-state index in [9.17, 15) is 4.79 Å². The molecule has 0 saturated heterocycles. The largest absolute Gasteiger partial charge is 0.460 e. The van der Waals surface area contributed by atoms with E-state index in [1.807, 2.05) is 24.6 Å². The number of rotatable bonds is 8. The molecule has 1 N–H and O–H groups in total. The first-order valence-corrected chi connectivity index (χ1v) is 7.97. The van der Waals surface area contributed by atoms with Crippen LogP contribution in [0.15, 0.2) is 43.0 Å². The highest BCUT2D eigenvalue weighted by atomic mass is 35.5. The molecular weight excluding hydrogens is 385 g/mol. The van der Waals surface area contributed by atoms with Crippen LogP contribution in [0.1, 0.15) is 30.6 Å². The van der Waals surface area contributed by atoms with Crippen molar-refractivity contribution in [1.82, 2.24) is 14.9 Å². The molecule has 140 valence electrons. The number of aryl methyl sites for hydroxylation is 1. The molecule has 1 aromatic carbocycles. The van der Waals surface area contributed by atoms with E-state index in [1.54, 1.807) is 36.8 Å². The van der Waals surface area contributed by atoms with Gasteiger partial charge in [0.15, 0.2) is 0 Å². The van der Waals surface area contributed by atoms with Gasteiger partial charge in [-0.3, -0.25) is 0 Å². The molecule has 2 rings (SSSR count). The third-order valence-electron chi connectivity index (χ3n) is 3.40. The maximum Gasteiger partial charge on any atom is 0.338 e. The van der Waals surface area contributed by atoms with Crippen LogP contribution >= 0.6 is 36.4 Å². The lowest BCUT2D eigenvalue weighted by Gasteiger charge is -2.26. The van der Waals surface area contributed by atoms with Gasteiger partial charge in [-0.1, -0.05) is 11.6 Å². The molecule has 0 spiro atoms. The second-order valence-electron chi connectivity index (χ2n) is 6.05. The summed E-state index contributed by atoms with van der Waals surface area (Å²) in [5.41, 5.74) is 0.224. The van der Waals surface area contributed by atoms with Crippen molar-refractivity contribution >= 4 is 42.4 Å². The second kappa shape index (κ2) is 11.4. The van der Waals surface area contributed by atoms with Crippen molar-refractivity contribution in [1.29, 1.82) is 0 Å². The number of carbonyl (C=O) groups excluding carboxylic acids is 1. The van der Waals surface area contributed by atoms with Crippen molar-refractivity contribution in [3.8, 4) is 0 Å². The highest BCUT2D eigenvalue weighted by Gasteiger charge is 2.19. The summed E-state index contributed by atoms with van der Waals surface area (Å²) in [4.78, 5) is 16.0. The summed E-state index contributed by atoms with van der Waals surface area (Å²) in [6.07, 6.45) is 6.50. The van der Waals surface area contributed by atoms with Crippen LogP contribution in [0.2, 0.25) is 5.02 Å². The van der Waals surface area contributed by atoms with Crippen LogP contribution in [0.4, 0.5) is 0 Å². The van der Waals surface area contributed by atoms with Gasteiger partial charge in [0.25, 0.3) is 0 Å². The van der Waals surface area contributed by atoms with E-state index in [4.69, 9.17) is 16.3 Å². The number of ether oxygens (including phenoxy) is 1. The van der Waals surface area contributed by atoms with Crippen molar-refractivity contribution in [3.05, 3.63) is 53.6 Å². The second-order valence-corrected chi connectivity index (χ2v) is 6.48. The molecule has 0 radical (unpaired) electrons. The summed E-state index contributed by atoms with van der Waals surface area (Å²) < 4.78 is 7.41. The van der Waals surface area contributed by atoms with E-state index in [0.717, 1.165) is 19.5 Å². The normalized spacial score (nSPS) is 10.5. The minimum absolute atomic E-state index is 0. The molecule has 25 heavy (non-hydrogen) atoms. The number of aromatic nitrogens is 2. The van der Waals surface area contributed by atoms with Gasteiger partial charge in [-0.2, -0.15) is 0 Å². The Balaban J connectivity index is 0.00000288. The third-order valence-corrected chi connectivity index (χ3v) is 3.65. The van der Waals surface area contributed by atoms with Crippen molar-refractivity contribution in [3.63, 3.8) is 0 Å². The molecule has 0 unspecified atom stereocenters. The average molecular weight is 409 g/mol. The summed E-state index contributed by atoms with van der Waals surface area (Å²) in [5.74, 6) is -0.338. The predicted octanol–water partition coefficient (Wildman–Crippen LogP) is 4.00. The molecular formula is C17H24Cl3N3O2. The topological polar surface area (TPSA) is 56.1 Å². The Morgan fingerprint density at radius 1 is 1.28 bits per heavy atom. The van der Waals surface area contributed by atoms with Gasteiger partial charge in [0.1, 0.15) is 6.61 Å². The maximum atomic E-state index is 12.0. The van der Waals surface area contributed by atoms with Crippen molar-refractivity contribution < 1.29 is 9.53 Å². The zero-order chi connectivity index (χ0) is 16.7.